The molecule has 3 aromatic rings. The Morgan fingerprint density at radius 1 is 1.10 bits per heavy atom. The van der Waals surface area contributed by atoms with Crippen molar-refractivity contribution in [1.82, 2.24) is 25.5 Å². The lowest BCUT2D eigenvalue weighted by atomic mass is 10.1. The van der Waals surface area contributed by atoms with Crippen LogP contribution >= 0.6 is 0 Å². The number of urea groups is 1. The Kier molecular flexibility index (Phi) is 9.97. The van der Waals surface area contributed by atoms with Gasteiger partial charge in [0.1, 0.15) is 17.5 Å². The zero-order valence-electron chi connectivity index (χ0n) is 22.2. The Balaban J connectivity index is 1.37. The molecule has 1 fully saturated rings. The minimum absolute atomic E-state index is 0.0135. The van der Waals surface area contributed by atoms with Crippen molar-refractivity contribution < 1.29 is 18.2 Å². The number of hydrogen-bond donors (Lipinski definition) is 5. The molecular weight excluding hydrogens is 535 g/mol. The van der Waals surface area contributed by atoms with Gasteiger partial charge < -0.3 is 27.0 Å². The monoisotopic (exact) mass is 568 g/mol. The third-order valence-electron chi connectivity index (χ3n) is 6.28. The van der Waals surface area contributed by atoms with Gasteiger partial charge in [-0.15, -0.1) is 0 Å². The molecule has 6 N–H and O–H groups in total. The largest absolute Gasteiger partial charge is 0.384 e. The Morgan fingerprint density at radius 3 is 2.60 bits per heavy atom. The quantitative estimate of drug-likeness (QED) is 0.250. The van der Waals surface area contributed by atoms with Crippen molar-refractivity contribution in [2.75, 3.05) is 60.6 Å². The van der Waals surface area contributed by atoms with Gasteiger partial charge in [-0.05, 0) is 42.8 Å². The maximum atomic E-state index is 14.9. The molecular formula is C27H33FN8O3S. The van der Waals surface area contributed by atoms with Gasteiger partial charge in [-0.1, -0.05) is 12.1 Å². The van der Waals surface area contributed by atoms with Crippen molar-refractivity contribution in [2.24, 2.45) is 0 Å². The van der Waals surface area contributed by atoms with Crippen LogP contribution in [-0.2, 0) is 17.3 Å². The predicted octanol–water partition coefficient (Wildman–Crippen LogP) is 2.41. The number of hydrogen-bond acceptors (Lipinski definition) is 8. The Hall–Kier alpha value is -4.10. The molecule has 0 spiro atoms. The summed E-state index contributed by atoms with van der Waals surface area (Å²) in [5.74, 6) is 1.21. The van der Waals surface area contributed by atoms with E-state index < -0.39 is 22.6 Å². The molecule has 1 aliphatic heterocycles. The summed E-state index contributed by atoms with van der Waals surface area (Å²) in [5.41, 5.74) is 7.67. The summed E-state index contributed by atoms with van der Waals surface area (Å²) < 4.78 is 26.4. The standard InChI is InChI=1S/C27H33FN8O3S/c1-2-30-25-20(26(37)31-9-10-36-11-13-40(39)14-12-36)5-7-22(34-25)19-4-6-23(21(28)15-19)35-27(38)33-17-18-3-8-24(29)32-16-18/h3-8,15-16H,2,9-14,17H2,1H3,(H2,29,32)(H,30,34)(H,31,37)(H2,33,35,38). The predicted molar refractivity (Wildman–Crippen MR) is 155 cm³/mol. The van der Waals surface area contributed by atoms with Crippen LogP contribution in [0.3, 0.4) is 0 Å². The van der Waals surface area contributed by atoms with Crippen molar-refractivity contribution in [3.05, 3.63) is 65.6 Å². The lowest BCUT2D eigenvalue weighted by Gasteiger charge is -2.26. The molecule has 0 unspecified atom stereocenters. The molecule has 0 saturated carbocycles. The number of pyridine rings is 2. The molecule has 40 heavy (non-hydrogen) atoms. The van der Waals surface area contributed by atoms with Crippen LogP contribution in [0.5, 0.6) is 0 Å². The van der Waals surface area contributed by atoms with Gasteiger partial charge in [-0.2, -0.15) is 0 Å². The zero-order valence-corrected chi connectivity index (χ0v) is 23.0. The minimum Gasteiger partial charge on any atom is -0.384 e. The van der Waals surface area contributed by atoms with Crippen LogP contribution in [0.4, 0.5) is 26.5 Å². The van der Waals surface area contributed by atoms with Gasteiger partial charge in [-0.25, -0.2) is 19.2 Å². The molecule has 0 bridgehead atoms. The molecule has 13 heteroatoms. The highest BCUT2D eigenvalue weighted by Gasteiger charge is 2.17. The Labute approximate surface area is 234 Å². The number of amides is 3. The number of nitrogens with zero attached hydrogens (tertiary/aromatic N) is 3. The van der Waals surface area contributed by atoms with Gasteiger partial charge in [0.2, 0.25) is 0 Å². The highest BCUT2D eigenvalue weighted by molar-refractivity contribution is 7.85. The average Bonchev–Trinajstić information content (AvgIpc) is 2.95. The second-order valence-corrected chi connectivity index (χ2v) is 10.9. The van der Waals surface area contributed by atoms with Crippen LogP contribution in [0.15, 0.2) is 48.7 Å². The molecule has 212 valence electrons. The van der Waals surface area contributed by atoms with Crippen molar-refractivity contribution in [3.8, 4) is 11.3 Å². The number of carbonyl (C=O) groups is 2. The second kappa shape index (κ2) is 13.8. The molecule has 2 aromatic heterocycles. The maximum Gasteiger partial charge on any atom is 0.319 e. The summed E-state index contributed by atoms with van der Waals surface area (Å²) in [6, 6.07) is 10.5. The van der Waals surface area contributed by atoms with Crippen molar-refractivity contribution >= 4 is 40.1 Å². The number of halogens is 1. The third kappa shape index (κ3) is 7.96. The molecule has 3 amide bonds. The number of carbonyl (C=O) groups excluding carboxylic acids is 2. The number of aromatic nitrogens is 2. The number of anilines is 3. The first kappa shape index (κ1) is 28.9. The third-order valence-corrected chi connectivity index (χ3v) is 7.56. The van der Waals surface area contributed by atoms with Crippen LogP contribution in [0, 0.1) is 5.82 Å². The molecule has 3 heterocycles. The second-order valence-electron chi connectivity index (χ2n) is 9.16. The van der Waals surface area contributed by atoms with E-state index in [0.717, 1.165) is 18.7 Å². The van der Waals surface area contributed by atoms with E-state index in [1.165, 1.54) is 12.1 Å². The van der Waals surface area contributed by atoms with E-state index in [-0.39, 0.29) is 18.1 Å². The lowest BCUT2D eigenvalue weighted by molar-refractivity contribution is 0.0949. The fourth-order valence-electron chi connectivity index (χ4n) is 4.09. The van der Waals surface area contributed by atoms with Gasteiger partial charge in [0.05, 0.1) is 16.9 Å². The fraction of sp³-hybridized carbons (Fsp3) is 0.333. The van der Waals surface area contributed by atoms with E-state index in [9.17, 15) is 18.2 Å². The van der Waals surface area contributed by atoms with Crippen LogP contribution in [0.25, 0.3) is 11.3 Å². The molecule has 1 aromatic carbocycles. The zero-order chi connectivity index (χ0) is 28.5. The smallest absolute Gasteiger partial charge is 0.319 e. The Bertz CT molecular complexity index is 1360. The molecule has 0 aliphatic carbocycles. The van der Waals surface area contributed by atoms with E-state index >= 15 is 0 Å². The molecule has 1 aliphatic rings. The highest BCUT2D eigenvalue weighted by atomic mass is 32.2. The normalized spacial score (nSPS) is 13.9. The Morgan fingerprint density at radius 2 is 1.90 bits per heavy atom. The summed E-state index contributed by atoms with van der Waals surface area (Å²) in [6.45, 7) is 5.31. The van der Waals surface area contributed by atoms with E-state index in [4.69, 9.17) is 5.73 Å². The SMILES string of the molecule is CCNc1nc(-c2ccc(NC(=O)NCc3ccc(N)nc3)c(F)c2)ccc1C(=O)NCCN1CCS(=O)CC1. The summed E-state index contributed by atoms with van der Waals surface area (Å²) in [5, 5.41) is 11.2. The summed E-state index contributed by atoms with van der Waals surface area (Å²) in [6.07, 6.45) is 1.55. The summed E-state index contributed by atoms with van der Waals surface area (Å²) in [7, 11) is -0.738. The van der Waals surface area contributed by atoms with Gasteiger partial charge in [0.15, 0.2) is 0 Å². The number of nitrogens with two attached hydrogens (primary N) is 1. The summed E-state index contributed by atoms with van der Waals surface area (Å²) in [4.78, 5) is 35.8. The first-order valence-electron chi connectivity index (χ1n) is 13.0. The first-order valence-corrected chi connectivity index (χ1v) is 14.5. The van der Waals surface area contributed by atoms with Crippen molar-refractivity contribution in [2.45, 2.75) is 13.5 Å². The van der Waals surface area contributed by atoms with Crippen LogP contribution in [0.1, 0.15) is 22.8 Å². The molecule has 11 nitrogen and oxygen atoms in total. The van der Waals surface area contributed by atoms with Crippen LogP contribution in [0.2, 0.25) is 0 Å². The highest BCUT2D eigenvalue weighted by Crippen LogP contribution is 2.26. The lowest BCUT2D eigenvalue weighted by Crippen LogP contribution is -2.42. The fourth-order valence-corrected chi connectivity index (χ4v) is 5.22. The van der Waals surface area contributed by atoms with Crippen LogP contribution in [-0.4, -0.2) is 75.2 Å². The molecule has 1 saturated heterocycles. The molecule has 4 rings (SSSR count). The van der Waals surface area contributed by atoms with E-state index in [1.807, 2.05) is 6.92 Å². The van der Waals surface area contributed by atoms with E-state index in [1.54, 1.807) is 36.5 Å². The average molecular weight is 569 g/mol. The first-order chi connectivity index (χ1) is 19.3. The van der Waals surface area contributed by atoms with Gasteiger partial charge in [-0.3, -0.25) is 13.9 Å². The minimum atomic E-state index is -0.738. The van der Waals surface area contributed by atoms with Gasteiger partial charge >= 0.3 is 6.03 Å². The van der Waals surface area contributed by atoms with Gasteiger partial charge in [0.25, 0.3) is 5.91 Å². The number of nitrogen functional groups attached to an aromatic ring is 1. The van der Waals surface area contributed by atoms with Crippen LogP contribution < -0.4 is 27.0 Å². The van der Waals surface area contributed by atoms with E-state index in [2.05, 4.69) is 36.1 Å². The molecule has 0 radical (unpaired) electrons. The van der Waals surface area contributed by atoms with Crippen molar-refractivity contribution in [1.29, 1.82) is 0 Å². The number of rotatable bonds is 10. The van der Waals surface area contributed by atoms with E-state index in [0.29, 0.717) is 59.6 Å². The molecule has 0 atom stereocenters. The van der Waals surface area contributed by atoms with Crippen molar-refractivity contribution in [3.63, 3.8) is 0 Å². The summed E-state index contributed by atoms with van der Waals surface area (Å²) >= 11 is 0. The maximum absolute atomic E-state index is 14.9. The van der Waals surface area contributed by atoms with Gasteiger partial charge in [0, 0.05) is 73.3 Å². The number of benzene rings is 1. The number of nitrogens with one attached hydrogen (secondary N) is 4. The topological polar surface area (TPSA) is 154 Å².